The fourth-order valence-corrected chi connectivity index (χ4v) is 1.67. The fourth-order valence-electron chi connectivity index (χ4n) is 0.930. The van der Waals surface area contributed by atoms with E-state index in [1.807, 2.05) is 6.20 Å². The quantitative estimate of drug-likeness (QED) is 0.719. The molecule has 0 saturated heterocycles. The molecule has 0 radical (unpaired) electrons. The Morgan fingerprint density at radius 1 is 1.58 bits per heavy atom. The summed E-state index contributed by atoms with van der Waals surface area (Å²) in [5.74, 6) is 0.762. The van der Waals surface area contributed by atoms with Crippen molar-refractivity contribution in [1.82, 2.24) is 4.98 Å². The number of ether oxygens (including phenoxy) is 1. The number of rotatable bonds is 4. The third kappa shape index (κ3) is 2.81. The van der Waals surface area contributed by atoms with Gasteiger partial charge in [0.05, 0.1) is 7.11 Å². The second-order valence-corrected chi connectivity index (χ2v) is 4.31. The molecule has 3 heteroatoms. The van der Waals surface area contributed by atoms with E-state index in [2.05, 4.69) is 18.8 Å². The molecule has 0 fully saturated rings. The number of nitrogens with zero attached hydrogens (tertiary/aromatic N) is 1. The van der Waals surface area contributed by atoms with Crippen molar-refractivity contribution in [3.05, 3.63) is 11.1 Å². The third-order valence-electron chi connectivity index (χ3n) is 1.68. The largest absolute Gasteiger partial charge is 0.473 e. The van der Waals surface area contributed by atoms with Crippen LogP contribution in [-0.2, 0) is 6.42 Å². The van der Waals surface area contributed by atoms with Crippen LogP contribution in [0.4, 0.5) is 0 Å². The Morgan fingerprint density at radius 3 is 2.83 bits per heavy atom. The molecule has 0 saturated carbocycles. The highest BCUT2D eigenvalue weighted by Gasteiger charge is 2.02. The average Bonchev–Trinajstić information content (AvgIpc) is 2.48. The molecule has 0 aliphatic carbocycles. The van der Waals surface area contributed by atoms with Crippen molar-refractivity contribution in [3.63, 3.8) is 0 Å². The van der Waals surface area contributed by atoms with Crippen LogP contribution < -0.4 is 4.74 Å². The van der Waals surface area contributed by atoms with Crippen LogP contribution in [0.3, 0.4) is 0 Å². The van der Waals surface area contributed by atoms with E-state index >= 15 is 0 Å². The number of aryl methyl sites for hydroxylation is 1. The maximum atomic E-state index is 5.01. The molecule has 0 aliphatic rings. The molecule has 0 aliphatic heterocycles. The van der Waals surface area contributed by atoms with E-state index in [4.69, 9.17) is 4.74 Å². The van der Waals surface area contributed by atoms with Crippen molar-refractivity contribution >= 4 is 11.3 Å². The minimum absolute atomic E-state index is 0.762. The van der Waals surface area contributed by atoms with Gasteiger partial charge in [-0.2, -0.15) is 0 Å². The van der Waals surface area contributed by atoms with Gasteiger partial charge in [0.15, 0.2) is 0 Å². The first-order valence-electron chi connectivity index (χ1n) is 4.21. The summed E-state index contributed by atoms with van der Waals surface area (Å²) in [5.41, 5.74) is 0. The first kappa shape index (κ1) is 9.52. The smallest absolute Gasteiger partial charge is 0.273 e. The molecule has 0 unspecified atom stereocenters. The number of methoxy groups -OCH3 is 1. The summed E-state index contributed by atoms with van der Waals surface area (Å²) in [6.07, 6.45) is 4.26. The van der Waals surface area contributed by atoms with Crippen molar-refractivity contribution in [1.29, 1.82) is 0 Å². The summed E-state index contributed by atoms with van der Waals surface area (Å²) < 4.78 is 5.01. The van der Waals surface area contributed by atoms with E-state index in [0.29, 0.717) is 0 Å². The molecule has 68 valence electrons. The number of hydrogen-bond acceptors (Lipinski definition) is 3. The van der Waals surface area contributed by atoms with Crippen LogP contribution in [0.15, 0.2) is 6.20 Å². The predicted octanol–water partition coefficient (Wildman–Crippen LogP) is 2.74. The molecule has 1 aromatic heterocycles. The zero-order chi connectivity index (χ0) is 8.97. The summed E-state index contributed by atoms with van der Waals surface area (Å²) in [6, 6.07) is 0. The van der Waals surface area contributed by atoms with Crippen LogP contribution >= 0.6 is 11.3 Å². The lowest BCUT2D eigenvalue weighted by atomic mass is 10.1. The van der Waals surface area contributed by atoms with Gasteiger partial charge in [-0.15, -0.1) is 0 Å². The summed E-state index contributed by atoms with van der Waals surface area (Å²) in [7, 11) is 1.66. The zero-order valence-corrected chi connectivity index (χ0v) is 8.65. The number of aromatic nitrogens is 1. The summed E-state index contributed by atoms with van der Waals surface area (Å²) in [6.45, 7) is 4.47. The Kier molecular flexibility index (Phi) is 3.53. The Bertz CT molecular complexity index is 232. The monoisotopic (exact) mass is 185 g/mol. The van der Waals surface area contributed by atoms with E-state index in [0.717, 1.165) is 17.5 Å². The second kappa shape index (κ2) is 4.45. The predicted molar refractivity (Wildman–Crippen MR) is 51.8 cm³/mol. The highest BCUT2D eigenvalue weighted by Crippen LogP contribution is 2.21. The van der Waals surface area contributed by atoms with Gasteiger partial charge in [0.25, 0.3) is 5.19 Å². The average molecular weight is 185 g/mol. The highest BCUT2D eigenvalue weighted by molar-refractivity contribution is 7.13. The molecule has 0 amide bonds. The number of thiazole rings is 1. The van der Waals surface area contributed by atoms with Crippen LogP contribution in [0.2, 0.25) is 0 Å². The van der Waals surface area contributed by atoms with E-state index < -0.39 is 0 Å². The van der Waals surface area contributed by atoms with Gasteiger partial charge in [0, 0.05) is 11.1 Å². The van der Waals surface area contributed by atoms with E-state index in [-0.39, 0.29) is 0 Å². The Hall–Kier alpha value is -0.570. The maximum absolute atomic E-state index is 5.01. The maximum Gasteiger partial charge on any atom is 0.273 e. The summed E-state index contributed by atoms with van der Waals surface area (Å²) >= 11 is 1.64. The summed E-state index contributed by atoms with van der Waals surface area (Å²) in [5, 5.41) is 0.772. The van der Waals surface area contributed by atoms with Crippen molar-refractivity contribution in [2.24, 2.45) is 5.92 Å². The lowest BCUT2D eigenvalue weighted by molar-refractivity contribution is 0.412. The standard InChI is InChI=1S/C9H15NOS/c1-7(2)4-5-8-6-10-9(11-3)12-8/h6-7H,4-5H2,1-3H3. The molecule has 0 bridgehead atoms. The molecule has 2 nitrogen and oxygen atoms in total. The van der Waals surface area contributed by atoms with Crippen molar-refractivity contribution in [2.75, 3.05) is 7.11 Å². The van der Waals surface area contributed by atoms with Crippen molar-refractivity contribution in [3.8, 4) is 5.19 Å². The Labute approximate surface area is 77.6 Å². The van der Waals surface area contributed by atoms with Gasteiger partial charge in [-0.3, -0.25) is 0 Å². The van der Waals surface area contributed by atoms with Gasteiger partial charge < -0.3 is 4.74 Å². The summed E-state index contributed by atoms with van der Waals surface area (Å²) in [4.78, 5) is 5.43. The van der Waals surface area contributed by atoms with Gasteiger partial charge in [0.1, 0.15) is 0 Å². The minimum Gasteiger partial charge on any atom is -0.473 e. The molecule has 1 rings (SSSR count). The molecule has 0 aromatic carbocycles. The van der Waals surface area contributed by atoms with E-state index in [1.165, 1.54) is 11.3 Å². The topological polar surface area (TPSA) is 22.1 Å². The molecular weight excluding hydrogens is 170 g/mol. The molecule has 0 atom stereocenters. The fraction of sp³-hybridized carbons (Fsp3) is 0.667. The Morgan fingerprint density at radius 2 is 2.33 bits per heavy atom. The van der Waals surface area contributed by atoms with Crippen LogP contribution in [0, 0.1) is 5.92 Å². The zero-order valence-electron chi connectivity index (χ0n) is 7.83. The second-order valence-electron chi connectivity index (χ2n) is 3.23. The van der Waals surface area contributed by atoms with E-state index in [1.54, 1.807) is 18.4 Å². The van der Waals surface area contributed by atoms with Gasteiger partial charge in [-0.05, 0) is 18.8 Å². The SMILES string of the molecule is COc1ncc(CCC(C)C)s1. The molecule has 1 heterocycles. The van der Waals surface area contributed by atoms with Crippen LogP contribution in [0.25, 0.3) is 0 Å². The van der Waals surface area contributed by atoms with Crippen molar-refractivity contribution in [2.45, 2.75) is 26.7 Å². The van der Waals surface area contributed by atoms with Crippen LogP contribution in [-0.4, -0.2) is 12.1 Å². The molecule has 0 N–H and O–H groups in total. The lowest BCUT2D eigenvalue weighted by Crippen LogP contribution is -1.88. The van der Waals surface area contributed by atoms with Gasteiger partial charge in [0.2, 0.25) is 0 Å². The van der Waals surface area contributed by atoms with E-state index in [9.17, 15) is 0 Å². The number of hydrogen-bond donors (Lipinski definition) is 0. The van der Waals surface area contributed by atoms with Crippen LogP contribution in [0.5, 0.6) is 5.19 Å². The van der Waals surface area contributed by atoms with Crippen LogP contribution in [0.1, 0.15) is 25.1 Å². The molecular formula is C9H15NOS. The van der Waals surface area contributed by atoms with Gasteiger partial charge in [-0.25, -0.2) is 4.98 Å². The first-order valence-corrected chi connectivity index (χ1v) is 5.02. The lowest BCUT2D eigenvalue weighted by Gasteiger charge is -2.00. The minimum atomic E-state index is 0.762. The van der Waals surface area contributed by atoms with Crippen molar-refractivity contribution < 1.29 is 4.74 Å². The first-order chi connectivity index (χ1) is 5.72. The molecule has 0 spiro atoms. The normalized spacial score (nSPS) is 10.7. The molecule has 1 aromatic rings. The Balaban J connectivity index is 2.41. The van der Waals surface area contributed by atoms with Gasteiger partial charge >= 0.3 is 0 Å². The van der Waals surface area contributed by atoms with Gasteiger partial charge in [-0.1, -0.05) is 25.2 Å². The molecule has 12 heavy (non-hydrogen) atoms. The highest BCUT2D eigenvalue weighted by atomic mass is 32.1. The third-order valence-corrected chi connectivity index (χ3v) is 2.69.